The van der Waals surface area contributed by atoms with Crippen LogP contribution in [-0.2, 0) is 0 Å². The molecule has 0 spiro atoms. The molecule has 1 atom stereocenters. The number of anilines is 3. The van der Waals surface area contributed by atoms with E-state index in [2.05, 4.69) is 30.9 Å². The molecule has 1 unspecified atom stereocenters. The van der Waals surface area contributed by atoms with Crippen molar-refractivity contribution in [3.63, 3.8) is 0 Å². The van der Waals surface area contributed by atoms with Crippen LogP contribution in [0.2, 0.25) is 0 Å². The van der Waals surface area contributed by atoms with Crippen molar-refractivity contribution in [2.45, 2.75) is 37.2 Å². The number of rotatable bonds is 8. The molecule has 1 aromatic heterocycles. The Labute approximate surface area is 162 Å². The molecule has 0 aliphatic carbocycles. The first-order chi connectivity index (χ1) is 12.5. The molecule has 0 fully saturated rings. The third kappa shape index (κ3) is 7.09. The number of hydrogen-bond donors (Lipinski definition) is 3. The zero-order chi connectivity index (χ0) is 18.9. The van der Waals surface area contributed by atoms with Gasteiger partial charge in [-0.05, 0) is 32.2 Å². The Hall–Kier alpha value is -2.00. The van der Waals surface area contributed by atoms with E-state index in [-0.39, 0.29) is 16.5 Å². The van der Waals surface area contributed by atoms with Crippen molar-refractivity contribution in [1.82, 2.24) is 15.0 Å². The van der Waals surface area contributed by atoms with Gasteiger partial charge in [-0.25, -0.2) is 0 Å². The van der Waals surface area contributed by atoms with Crippen molar-refractivity contribution in [2.75, 3.05) is 28.8 Å². The Balaban J connectivity index is 1.87. The second-order valence-electron chi connectivity index (χ2n) is 5.86. The molecule has 2 aromatic rings. The number of carbonyl (C=O) groups excluding carboxylic acids is 1. The van der Waals surface area contributed by atoms with Crippen LogP contribution in [0.4, 0.5) is 22.4 Å². The molecule has 2 rings (SSSR count). The van der Waals surface area contributed by atoms with E-state index in [1.54, 1.807) is 0 Å². The molecule has 0 aliphatic heterocycles. The summed E-state index contributed by atoms with van der Waals surface area (Å²) in [5.74, 6) is 1.05. The van der Waals surface area contributed by atoms with E-state index in [0.29, 0.717) is 23.6 Å². The van der Waals surface area contributed by atoms with Crippen molar-refractivity contribution in [3.05, 3.63) is 30.3 Å². The number of para-hydroxylation sites is 1. The lowest BCUT2D eigenvalue weighted by atomic mass is 10.3. The standard InChI is InChI=1S/C17H24N6OS2/c1-11(2)19-15-21-14(22-16(23-15)25-4)18-10-12(3)26-17(24)20-13-8-6-5-7-9-13/h5-9,11-12H,10H2,1-4H3,(H,20,24)(H2,18,19,21,22,23). The van der Waals surface area contributed by atoms with Crippen molar-refractivity contribution in [3.8, 4) is 0 Å². The highest BCUT2D eigenvalue weighted by Gasteiger charge is 2.12. The first-order valence-electron chi connectivity index (χ1n) is 8.29. The predicted molar refractivity (Wildman–Crippen MR) is 111 cm³/mol. The summed E-state index contributed by atoms with van der Waals surface area (Å²) in [4.78, 5) is 25.1. The first-order valence-corrected chi connectivity index (χ1v) is 10.4. The van der Waals surface area contributed by atoms with Gasteiger partial charge in [0.25, 0.3) is 5.24 Å². The summed E-state index contributed by atoms with van der Waals surface area (Å²) in [7, 11) is 0. The minimum Gasteiger partial charge on any atom is -0.353 e. The normalized spacial score (nSPS) is 11.9. The molecule has 140 valence electrons. The fraction of sp³-hybridized carbons (Fsp3) is 0.412. The summed E-state index contributed by atoms with van der Waals surface area (Å²) < 4.78 is 0. The molecule has 1 aromatic carbocycles. The van der Waals surface area contributed by atoms with Gasteiger partial charge >= 0.3 is 0 Å². The Bertz CT molecular complexity index is 714. The minimum absolute atomic E-state index is 0.0507. The fourth-order valence-corrected chi connectivity index (χ4v) is 3.04. The first kappa shape index (κ1) is 20.3. The largest absolute Gasteiger partial charge is 0.353 e. The van der Waals surface area contributed by atoms with Crippen LogP contribution < -0.4 is 16.0 Å². The van der Waals surface area contributed by atoms with Crippen LogP contribution >= 0.6 is 23.5 Å². The maximum absolute atomic E-state index is 12.1. The van der Waals surface area contributed by atoms with E-state index in [9.17, 15) is 4.79 Å². The van der Waals surface area contributed by atoms with Gasteiger partial charge in [-0.3, -0.25) is 4.79 Å². The highest BCUT2D eigenvalue weighted by molar-refractivity contribution is 8.14. The molecule has 3 N–H and O–H groups in total. The average Bonchev–Trinajstić information content (AvgIpc) is 2.60. The van der Waals surface area contributed by atoms with Gasteiger partial charge in [-0.2, -0.15) is 15.0 Å². The topological polar surface area (TPSA) is 91.8 Å². The summed E-state index contributed by atoms with van der Waals surface area (Å²) in [5, 5.41) is 9.84. The van der Waals surface area contributed by atoms with Gasteiger partial charge in [0.1, 0.15) is 0 Å². The number of nitrogens with one attached hydrogen (secondary N) is 3. The zero-order valence-electron chi connectivity index (χ0n) is 15.3. The molecular formula is C17H24N6OS2. The van der Waals surface area contributed by atoms with Crippen LogP contribution in [0, 0.1) is 0 Å². The second-order valence-corrected chi connectivity index (χ2v) is 8.04. The van der Waals surface area contributed by atoms with E-state index < -0.39 is 0 Å². The monoisotopic (exact) mass is 392 g/mol. The summed E-state index contributed by atoms with van der Waals surface area (Å²) in [6.45, 7) is 6.59. The molecule has 26 heavy (non-hydrogen) atoms. The van der Waals surface area contributed by atoms with Gasteiger partial charge in [0.15, 0.2) is 5.16 Å². The van der Waals surface area contributed by atoms with E-state index in [0.717, 1.165) is 5.69 Å². The Morgan fingerprint density at radius 2 is 1.77 bits per heavy atom. The summed E-state index contributed by atoms with van der Waals surface area (Å²) >= 11 is 2.69. The Morgan fingerprint density at radius 3 is 2.42 bits per heavy atom. The zero-order valence-corrected chi connectivity index (χ0v) is 16.9. The summed E-state index contributed by atoms with van der Waals surface area (Å²) in [6, 6.07) is 9.64. The van der Waals surface area contributed by atoms with Crippen LogP contribution in [0.1, 0.15) is 20.8 Å². The van der Waals surface area contributed by atoms with Gasteiger partial charge in [0.05, 0.1) is 0 Å². The van der Waals surface area contributed by atoms with Crippen LogP contribution in [0.5, 0.6) is 0 Å². The molecule has 0 aliphatic rings. The van der Waals surface area contributed by atoms with Gasteiger partial charge in [-0.15, -0.1) is 0 Å². The highest BCUT2D eigenvalue weighted by atomic mass is 32.2. The van der Waals surface area contributed by atoms with Crippen molar-refractivity contribution in [2.24, 2.45) is 0 Å². The lowest BCUT2D eigenvalue weighted by Crippen LogP contribution is -2.20. The Kier molecular flexibility index (Phi) is 7.99. The van der Waals surface area contributed by atoms with E-state index in [1.807, 2.05) is 57.4 Å². The maximum Gasteiger partial charge on any atom is 0.283 e. The molecular weight excluding hydrogens is 368 g/mol. The molecule has 7 nitrogen and oxygen atoms in total. The number of amides is 1. The molecule has 9 heteroatoms. The van der Waals surface area contributed by atoms with Gasteiger partial charge in [0.2, 0.25) is 11.9 Å². The van der Waals surface area contributed by atoms with Crippen LogP contribution in [0.25, 0.3) is 0 Å². The van der Waals surface area contributed by atoms with Gasteiger partial charge < -0.3 is 16.0 Å². The number of thioether (sulfide) groups is 2. The molecule has 0 saturated heterocycles. The summed E-state index contributed by atoms with van der Waals surface area (Å²) in [6.07, 6.45) is 1.92. The van der Waals surface area contributed by atoms with Crippen molar-refractivity contribution < 1.29 is 4.79 Å². The van der Waals surface area contributed by atoms with Crippen molar-refractivity contribution >= 4 is 46.3 Å². The van der Waals surface area contributed by atoms with E-state index in [4.69, 9.17) is 0 Å². The smallest absolute Gasteiger partial charge is 0.283 e. The van der Waals surface area contributed by atoms with Gasteiger partial charge in [-0.1, -0.05) is 48.6 Å². The SMILES string of the molecule is CSc1nc(NCC(C)SC(=O)Nc2ccccc2)nc(NC(C)C)n1. The number of nitrogens with zero attached hydrogens (tertiary/aromatic N) is 3. The Morgan fingerprint density at radius 1 is 1.08 bits per heavy atom. The minimum atomic E-state index is -0.0897. The second kappa shape index (κ2) is 10.2. The average molecular weight is 393 g/mol. The summed E-state index contributed by atoms with van der Waals surface area (Å²) in [5.41, 5.74) is 0.789. The quantitative estimate of drug-likeness (QED) is 0.576. The third-order valence-electron chi connectivity index (χ3n) is 3.09. The lowest BCUT2D eigenvalue weighted by molar-refractivity contribution is 0.269. The van der Waals surface area contributed by atoms with Crippen molar-refractivity contribution in [1.29, 1.82) is 0 Å². The van der Waals surface area contributed by atoms with Gasteiger partial charge in [0, 0.05) is 23.5 Å². The van der Waals surface area contributed by atoms with E-state index >= 15 is 0 Å². The van der Waals surface area contributed by atoms with E-state index in [1.165, 1.54) is 23.5 Å². The number of carbonyl (C=O) groups is 1. The maximum atomic E-state index is 12.1. The number of hydrogen-bond acceptors (Lipinski definition) is 8. The molecule has 0 saturated carbocycles. The highest BCUT2D eigenvalue weighted by Crippen LogP contribution is 2.18. The lowest BCUT2D eigenvalue weighted by Gasteiger charge is -2.14. The molecule has 0 radical (unpaired) electrons. The molecule has 1 heterocycles. The van der Waals surface area contributed by atoms with Crippen LogP contribution in [0.3, 0.4) is 0 Å². The number of benzene rings is 1. The van der Waals surface area contributed by atoms with Crippen LogP contribution in [0.15, 0.2) is 35.5 Å². The third-order valence-corrected chi connectivity index (χ3v) is 4.52. The fourth-order valence-electron chi connectivity index (χ4n) is 1.98. The predicted octanol–water partition coefficient (Wildman–Crippen LogP) is 4.18. The molecule has 1 amide bonds. The molecule has 0 bridgehead atoms. The number of aromatic nitrogens is 3. The van der Waals surface area contributed by atoms with Crippen LogP contribution in [-0.4, -0.2) is 44.3 Å².